The summed E-state index contributed by atoms with van der Waals surface area (Å²) in [6, 6.07) is 0.274. The Morgan fingerprint density at radius 3 is 2.61 bits per heavy atom. The molecule has 106 valence electrons. The molecule has 18 heavy (non-hydrogen) atoms. The average molecular weight is 258 g/mol. The van der Waals surface area contributed by atoms with Crippen molar-refractivity contribution in [2.75, 3.05) is 27.3 Å². The molecule has 1 fully saturated rings. The van der Waals surface area contributed by atoms with Crippen molar-refractivity contribution in [1.82, 2.24) is 10.6 Å². The Labute approximate surface area is 110 Å². The molecule has 0 aromatic heterocycles. The van der Waals surface area contributed by atoms with Gasteiger partial charge in [-0.25, -0.2) is 0 Å². The summed E-state index contributed by atoms with van der Waals surface area (Å²) in [6.07, 6.45) is 1.21. The van der Waals surface area contributed by atoms with Gasteiger partial charge >= 0.3 is 0 Å². The van der Waals surface area contributed by atoms with Crippen LogP contribution in [0.3, 0.4) is 0 Å². The summed E-state index contributed by atoms with van der Waals surface area (Å²) in [5.41, 5.74) is -0.413. The molecule has 0 heterocycles. The summed E-state index contributed by atoms with van der Waals surface area (Å²) >= 11 is 0. The van der Waals surface area contributed by atoms with E-state index in [-0.39, 0.29) is 24.2 Å². The molecule has 0 saturated heterocycles. The van der Waals surface area contributed by atoms with E-state index in [1.165, 1.54) is 0 Å². The molecule has 1 rings (SSSR count). The quantitative estimate of drug-likeness (QED) is 0.700. The lowest BCUT2D eigenvalue weighted by atomic mass is 9.83. The second-order valence-corrected chi connectivity index (χ2v) is 5.38. The highest BCUT2D eigenvalue weighted by Gasteiger charge is 2.42. The molecule has 0 radical (unpaired) electrons. The van der Waals surface area contributed by atoms with E-state index in [9.17, 15) is 4.79 Å². The van der Waals surface area contributed by atoms with E-state index in [2.05, 4.69) is 10.6 Å². The molecule has 3 atom stereocenters. The van der Waals surface area contributed by atoms with Gasteiger partial charge in [0.15, 0.2) is 0 Å². The summed E-state index contributed by atoms with van der Waals surface area (Å²) < 4.78 is 11.0. The van der Waals surface area contributed by atoms with Crippen LogP contribution in [0.15, 0.2) is 0 Å². The Hall–Kier alpha value is -0.650. The van der Waals surface area contributed by atoms with Gasteiger partial charge in [-0.2, -0.15) is 0 Å². The maximum Gasteiger partial charge on any atom is 0.226 e. The Kier molecular flexibility index (Phi) is 5.56. The predicted molar refractivity (Wildman–Crippen MR) is 70.5 cm³/mol. The van der Waals surface area contributed by atoms with Gasteiger partial charge in [-0.15, -0.1) is 0 Å². The molecule has 5 heteroatoms. The first-order valence-electron chi connectivity index (χ1n) is 6.56. The fraction of sp³-hybridized carbons (Fsp3) is 0.923. The number of nitrogens with one attached hydrogen (secondary N) is 2. The molecule has 1 saturated carbocycles. The fourth-order valence-electron chi connectivity index (χ4n) is 2.28. The number of carbonyl (C=O) groups excluding carboxylic acids is 1. The van der Waals surface area contributed by atoms with Crippen molar-refractivity contribution in [1.29, 1.82) is 0 Å². The van der Waals surface area contributed by atoms with Crippen LogP contribution in [0, 0.1) is 5.41 Å². The van der Waals surface area contributed by atoms with E-state index in [1.54, 1.807) is 14.2 Å². The molecule has 0 spiro atoms. The third-order valence-electron chi connectivity index (χ3n) is 3.55. The second kappa shape index (κ2) is 6.50. The number of ether oxygens (including phenoxy) is 2. The lowest BCUT2D eigenvalue weighted by Gasteiger charge is -2.44. The molecule has 0 aromatic carbocycles. The van der Waals surface area contributed by atoms with Crippen LogP contribution in [0.1, 0.15) is 27.2 Å². The van der Waals surface area contributed by atoms with E-state index in [1.807, 2.05) is 20.8 Å². The Morgan fingerprint density at radius 2 is 2.11 bits per heavy atom. The van der Waals surface area contributed by atoms with Gasteiger partial charge in [0.25, 0.3) is 0 Å². The standard InChI is InChI=1S/C13H26N2O3/c1-6-18-10-7-9(11(10)17-5)15-8-13(2,3)12(16)14-4/h9-11,15H,6-8H2,1-5H3,(H,14,16). The van der Waals surface area contributed by atoms with Crippen LogP contribution >= 0.6 is 0 Å². The Balaban J connectivity index is 2.39. The van der Waals surface area contributed by atoms with E-state index in [4.69, 9.17) is 9.47 Å². The molecule has 1 amide bonds. The first-order chi connectivity index (χ1) is 8.46. The zero-order chi connectivity index (χ0) is 13.8. The summed E-state index contributed by atoms with van der Waals surface area (Å²) in [5.74, 6) is 0.0460. The number of rotatable bonds is 7. The van der Waals surface area contributed by atoms with Gasteiger partial charge in [-0.1, -0.05) is 0 Å². The third-order valence-corrected chi connectivity index (χ3v) is 3.55. The molecule has 5 nitrogen and oxygen atoms in total. The molecule has 3 unspecified atom stereocenters. The van der Waals surface area contributed by atoms with Crippen LogP contribution in [-0.4, -0.2) is 51.5 Å². The predicted octanol–water partition coefficient (Wildman–Crippen LogP) is 0.541. The molecule has 1 aliphatic rings. The van der Waals surface area contributed by atoms with Gasteiger partial charge in [0.1, 0.15) is 0 Å². The summed E-state index contributed by atoms with van der Waals surface area (Å²) in [7, 11) is 3.37. The Bertz CT molecular complexity index is 281. The summed E-state index contributed by atoms with van der Waals surface area (Å²) in [6.45, 7) is 7.19. The highest BCUT2D eigenvalue weighted by atomic mass is 16.5. The minimum atomic E-state index is -0.413. The van der Waals surface area contributed by atoms with Gasteiger partial charge in [-0.3, -0.25) is 4.79 Å². The maximum absolute atomic E-state index is 11.7. The van der Waals surface area contributed by atoms with Crippen LogP contribution in [-0.2, 0) is 14.3 Å². The lowest BCUT2D eigenvalue weighted by Crippen LogP contribution is -2.61. The van der Waals surface area contributed by atoms with E-state index in [0.717, 1.165) is 6.42 Å². The molecule has 0 bridgehead atoms. The van der Waals surface area contributed by atoms with Gasteiger partial charge in [0.2, 0.25) is 5.91 Å². The van der Waals surface area contributed by atoms with Crippen molar-refractivity contribution in [3.05, 3.63) is 0 Å². The number of hydrogen-bond donors (Lipinski definition) is 2. The fourth-order valence-corrected chi connectivity index (χ4v) is 2.28. The average Bonchev–Trinajstić information content (AvgIpc) is 2.32. The van der Waals surface area contributed by atoms with Crippen molar-refractivity contribution in [2.45, 2.75) is 45.4 Å². The van der Waals surface area contributed by atoms with Crippen molar-refractivity contribution >= 4 is 5.91 Å². The number of amides is 1. The first kappa shape index (κ1) is 15.4. The van der Waals surface area contributed by atoms with Crippen molar-refractivity contribution in [2.24, 2.45) is 5.41 Å². The van der Waals surface area contributed by atoms with Crippen LogP contribution < -0.4 is 10.6 Å². The maximum atomic E-state index is 11.7. The van der Waals surface area contributed by atoms with Crippen LogP contribution in [0.4, 0.5) is 0 Å². The topological polar surface area (TPSA) is 59.6 Å². The van der Waals surface area contributed by atoms with Crippen molar-refractivity contribution < 1.29 is 14.3 Å². The van der Waals surface area contributed by atoms with Crippen molar-refractivity contribution in [3.8, 4) is 0 Å². The molecular formula is C13H26N2O3. The van der Waals surface area contributed by atoms with E-state index < -0.39 is 5.41 Å². The zero-order valence-corrected chi connectivity index (χ0v) is 12.1. The molecule has 2 N–H and O–H groups in total. The smallest absolute Gasteiger partial charge is 0.226 e. The SMILES string of the molecule is CCOC1CC(NCC(C)(C)C(=O)NC)C1OC. The molecule has 0 aromatic rings. The lowest BCUT2D eigenvalue weighted by molar-refractivity contribution is -0.136. The van der Waals surface area contributed by atoms with Crippen LogP contribution in [0.25, 0.3) is 0 Å². The van der Waals surface area contributed by atoms with Crippen LogP contribution in [0.5, 0.6) is 0 Å². The third kappa shape index (κ3) is 3.43. The summed E-state index contributed by atoms with van der Waals surface area (Å²) in [5, 5.41) is 6.08. The van der Waals surface area contributed by atoms with Gasteiger partial charge in [0, 0.05) is 33.4 Å². The highest BCUT2D eigenvalue weighted by Crippen LogP contribution is 2.27. The monoisotopic (exact) mass is 258 g/mol. The highest BCUT2D eigenvalue weighted by molar-refractivity contribution is 5.81. The minimum absolute atomic E-state index is 0.0460. The minimum Gasteiger partial charge on any atom is -0.377 e. The second-order valence-electron chi connectivity index (χ2n) is 5.38. The van der Waals surface area contributed by atoms with Gasteiger partial charge in [0.05, 0.1) is 17.6 Å². The van der Waals surface area contributed by atoms with Gasteiger partial charge in [-0.05, 0) is 27.2 Å². The molecule has 1 aliphatic carbocycles. The normalized spacial score (nSPS) is 27.7. The number of carbonyl (C=O) groups is 1. The number of hydrogen-bond acceptors (Lipinski definition) is 4. The van der Waals surface area contributed by atoms with Gasteiger partial charge < -0.3 is 20.1 Å². The van der Waals surface area contributed by atoms with E-state index in [0.29, 0.717) is 13.2 Å². The first-order valence-corrected chi connectivity index (χ1v) is 6.56. The van der Waals surface area contributed by atoms with Crippen molar-refractivity contribution in [3.63, 3.8) is 0 Å². The number of methoxy groups -OCH3 is 1. The molecular weight excluding hydrogens is 232 g/mol. The molecule has 0 aliphatic heterocycles. The summed E-state index contributed by atoms with van der Waals surface area (Å²) in [4.78, 5) is 11.7. The van der Waals surface area contributed by atoms with E-state index >= 15 is 0 Å². The van der Waals surface area contributed by atoms with Crippen LogP contribution in [0.2, 0.25) is 0 Å². The Morgan fingerprint density at radius 1 is 1.44 bits per heavy atom. The zero-order valence-electron chi connectivity index (χ0n) is 12.1. The largest absolute Gasteiger partial charge is 0.377 e.